The summed E-state index contributed by atoms with van der Waals surface area (Å²) in [4.78, 5) is 0.265. The van der Waals surface area contributed by atoms with E-state index in [1.165, 1.54) is 6.08 Å². The number of ether oxygens (including phenoxy) is 2. The van der Waals surface area contributed by atoms with Gasteiger partial charge in [-0.2, -0.15) is 0 Å². The minimum atomic E-state index is -3.45. The number of hydrogen-bond acceptors (Lipinski definition) is 4. The number of hydrogen-bond donors (Lipinski definition) is 0. The van der Waals surface area contributed by atoms with Crippen LogP contribution in [0.1, 0.15) is 19.4 Å². The predicted octanol–water partition coefficient (Wildman–Crippen LogP) is 2.68. The number of benzene rings is 1. The molecule has 0 atom stereocenters. The molecule has 0 N–H and O–H groups in total. The van der Waals surface area contributed by atoms with Crippen molar-refractivity contribution in [3.8, 4) is 0 Å². The molecule has 0 saturated heterocycles. The van der Waals surface area contributed by atoms with Gasteiger partial charge in [-0.15, -0.1) is 0 Å². The van der Waals surface area contributed by atoms with E-state index >= 15 is 0 Å². The summed E-state index contributed by atoms with van der Waals surface area (Å²) >= 11 is 0. The molecule has 1 aromatic rings. The molecular weight excluding hydrogens is 264 g/mol. The van der Waals surface area contributed by atoms with E-state index in [0.29, 0.717) is 13.2 Å². The van der Waals surface area contributed by atoms with Crippen LogP contribution < -0.4 is 0 Å². The molecule has 0 aliphatic carbocycles. The third kappa shape index (κ3) is 5.14. The first-order valence-electron chi connectivity index (χ1n) is 6.22. The van der Waals surface area contributed by atoms with Crippen molar-refractivity contribution in [2.24, 2.45) is 0 Å². The number of rotatable bonds is 7. The molecule has 0 spiro atoms. The Labute approximate surface area is 115 Å². The van der Waals surface area contributed by atoms with Gasteiger partial charge < -0.3 is 9.47 Å². The Bertz CT molecular complexity index is 497. The first kappa shape index (κ1) is 15.9. The van der Waals surface area contributed by atoms with Crippen molar-refractivity contribution in [3.63, 3.8) is 0 Å². The van der Waals surface area contributed by atoms with E-state index in [2.05, 4.69) is 0 Å². The fraction of sp³-hybridized carbons (Fsp3) is 0.429. The molecule has 0 heterocycles. The summed E-state index contributed by atoms with van der Waals surface area (Å²) in [6.07, 6.45) is 0.789. The van der Waals surface area contributed by atoms with Crippen LogP contribution in [0.2, 0.25) is 0 Å². The minimum absolute atomic E-state index is 0.265. The van der Waals surface area contributed by atoms with Crippen LogP contribution in [0.25, 0.3) is 0 Å². The largest absolute Gasteiger partial charge is 0.349 e. The topological polar surface area (TPSA) is 52.6 Å². The summed E-state index contributed by atoms with van der Waals surface area (Å²) in [7, 11) is -3.45. The smallest absolute Gasteiger partial charge is 0.199 e. The quantitative estimate of drug-likeness (QED) is 0.722. The molecule has 0 aliphatic heterocycles. The standard InChI is InChI=1S/C14H20O4S/c1-4-17-14(18-5-2)10-11-19(15,16)13-8-6-12(3)7-9-13/h6-11,14H,4-5H2,1-3H3/b11-10+. The van der Waals surface area contributed by atoms with Gasteiger partial charge in [0.05, 0.1) is 4.90 Å². The zero-order valence-corrected chi connectivity index (χ0v) is 12.3. The second-order valence-corrected chi connectivity index (χ2v) is 5.80. The molecule has 1 aromatic carbocycles. The molecule has 0 saturated carbocycles. The Balaban J connectivity index is 2.85. The van der Waals surface area contributed by atoms with Crippen molar-refractivity contribution in [1.82, 2.24) is 0 Å². The number of aryl methyl sites for hydroxylation is 1. The van der Waals surface area contributed by atoms with Crippen LogP contribution in [0, 0.1) is 6.92 Å². The Morgan fingerprint density at radius 3 is 2.11 bits per heavy atom. The van der Waals surface area contributed by atoms with Crippen molar-refractivity contribution >= 4 is 9.84 Å². The van der Waals surface area contributed by atoms with Gasteiger partial charge in [0.25, 0.3) is 0 Å². The Kier molecular flexibility index (Phi) is 6.21. The third-order valence-electron chi connectivity index (χ3n) is 2.43. The van der Waals surface area contributed by atoms with Gasteiger partial charge in [-0.1, -0.05) is 17.7 Å². The van der Waals surface area contributed by atoms with E-state index in [0.717, 1.165) is 11.0 Å². The van der Waals surface area contributed by atoms with Gasteiger partial charge in [-0.25, -0.2) is 8.42 Å². The molecule has 0 radical (unpaired) electrons. The second kappa shape index (κ2) is 7.43. The Morgan fingerprint density at radius 1 is 1.11 bits per heavy atom. The van der Waals surface area contributed by atoms with Gasteiger partial charge in [0.15, 0.2) is 16.1 Å². The van der Waals surface area contributed by atoms with Crippen LogP contribution in [0.15, 0.2) is 40.6 Å². The molecule has 1 rings (SSSR count). The molecular formula is C14H20O4S. The van der Waals surface area contributed by atoms with Crippen molar-refractivity contribution in [2.45, 2.75) is 32.0 Å². The van der Waals surface area contributed by atoms with Crippen LogP contribution in [0.5, 0.6) is 0 Å². The molecule has 4 nitrogen and oxygen atoms in total. The van der Waals surface area contributed by atoms with Crippen LogP contribution in [0.4, 0.5) is 0 Å². The van der Waals surface area contributed by atoms with Gasteiger partial charge in [0.1, 0.15) is 0 Å². The molecule has 19 heavy (non-hydrogen) atoms. The fourth-order valence-electron chi connectivity index (χ4n) is 1.46. The number of sulfone groups is 1. The van der Waals surface area contributed by atoms with Gasteiger partial charge in [0, 0.05) is 18.6 Å². The third-order valence-corrected chi connectivity index (χ3v) is 3.87. The summed E-state index contributed by atoms with van der Waals surface area (Å²) in [6, 6.07) is 6.71. The maximum atomic E-state index is 12.1. The van der Waals surface area contributed by atoms with Gasteiger partial charge >= 0.3 is 0 Å². The van der Waals surface area contributed by atoms with E-state index in [9.17, 15) is 8.42 Å². The van der Waals surface area contributed by atoms with Crippen molar-refractivity contribution in [3.05, 3.63) is 41.3 Å². The van der Waals surface area contributed by atoms with Crippen molar-refractivity contribution < 1.29 is 17.9 Å². The van der Waals surface area contributed by atoms with Crippen molar-refractivity contribution in [2.75, 3.05) is 13.2 Å². The molecule has 0 amide bonds. The Hall–Kier alpha value is -1.17. The maximum Gasteiger partial charge on any atom is 0.199 e. The predicted molar refractivity (Wildman–Crippen MR) is 74.5 cm³/mol. The maximum absolute atomic E-state index is 12.1. The molecule has 106 valence electrons. The lowest BCUT2D eigenvalue weighted by atomic mass is 10.2. The summed E-state index contributed by atoms with van der Waals surface area (Å²) in [5, 5.41) is 1.13. The van der Waals surface area contributed by atoms with Crippen LogP contribution >= 0.6 is 0 Å². The van der Waals surface area contributed by atoms with E-state index in [1.54, 1.807) is 24.3 Å². The zero-order chi connectivity index (χ0) is 14.3. The molecule has 5 heteroatoms. The van der Waals surface area contributed by atoms with Gasteiger partial charge in [-0.3, -0.25) is 0 Å². The first-order valence-corrected chi connectivity index (χ1v) is 7.77. The average molecular weight is 284 g/mol. The van der Waals surface area contributed by atoms with E-state index < -0.39 is 16.1 Å². The van der Waals surface area contributed by atoms with Crippen molar-refractivity contribution in [1.29, 1.82) is 0 Å². The van der Waals surface area contributed by atoms with E-state index in [4.69, 9.17) is 9.47 Å². The van der Waals surface area contributed by atoms with Crippen LogP contribution in [0.3, 0.4) is 0 Å². The summed E-state index contributed by atoms with van der Waals surface area (Å²) < 4.78 is 34.6. The normalized spacial score (nSPS) is 12.4. The fourth-order valence-corrected chi connectivity index (χ4v) is 2.47. The van der Waals surface area contributed by atoms with Crippen LogP contribution in [-0.4, -0.2) is 27.9 Å². The SMILES string of the molecule is CCOC(/C=C/S(=O)(=O)c1ccc(C)cc1)OCC. The summed E-state index contributed by atoms with van der Waals surface area (Å²) in [6.45, 7) is 6.48. The lowest BCUT2D eigenvalue weighted by Gasteiger charge is -2.12. The summed E-state index contributed by atoms with van der Waals surface area (Å²) in [5.74, 6) is 0. The molecule has 0 unspecified atom stereocenters. The highest BCUT2D eigenvalue weighted by atomic mass is 32.2. The van der Waals surface area contributed by atoms with Gasteiger partial charge in [0.2, 0.25) is 0 Å². The lowest BCUT2D eigenvalue weighted by molar-refractivity contribution is -0.103. The molecule has 0 aliphatic rings. The lowest BCUT2D eigenvalue weighted by Crippen LogP contribution is -2.14. The second-order valence-electron chi connectivity index (χ2n) is 3.97. The average Bonchev–Trinajstić information content (AvgIpc) is 2.37. The molecule has 0 bridgehead atoms. The van der Waals surface area contributed by atoms with Crippen LogP contribution in [-0.2, 0) is 19.3 Å². The molecule has 0 fully saturated rings. The zero-order valence-electron chi connectivity index (χ0n) is 11.5. The Morgan fingerprint density at radius 2 is 1.63 bits per heavy atom. The van der Waals surface area contributed by atoms with E-state index in [1.807, 2.05) is 20.8 Å². The highest BCUT2D eigenvalue weighted by molar-refractivity contribution is 7.94. The highest BCUT2D eigenvalue weighted by Crippen LogP contribution is 2.14. The first-order chi connectivity index (χ1) is 8.99. The highest BCUT2D eigenvalue weighted by Gasteiger charge is 2.11. The minimum Gasteiger partial charge on any atom is -0.349 e. The molecule has 0 aromatic heterocycles. The van der Waals surface area contributed by atoms with E-state index in [-0.39, 0.29) is 4.90 Å². The van der Waals surface area contributed by atoms with Gasteiger partial charge in [-0.05, 0) is 39.0 Å². The summed E-state index contributed by atoms with van der Waals surface area (Å²) in [5.41, 5.74) is 1.02. The monoisotopic (exact) mass is 284 g/mol.